The molecule has 0 aliphatic carbocycles. The van der Waals surface area contributed by atoms with Crippen molar-refractivity contribution in [2.45, 2.75) is 51.6 Å². The minimum absolute atomic E-state index is 0.0180. The number of rotatable bonds is 8. The van der Waals surface area contributed by atoms with Gasteiger partial charge in [0.1, 0.15) is 5.15 Å². The number of carbonyl (C=O) groups is 2. The number of alkyl halides is 3. The van der Waals surface area contributed by atoms with E-state index in [4.69, 9.17) is 16.3 Å². The Morgan fingerprint density at radius 3 is 2.61 bits per heavy atom. The van der Waals surface area contributed by atoms with Crippen LogP contribution in [-0.4, -0.2) is 95.7 Å². The van der Waals surface area contributed by atoms with Crippen molar-refractivity contribution in [1.82, 2.24) is 29.8 Å². The zero-order chi connectivity index (χ0) is 31.8. The van der Waals surface area contributed by atoms with E-state index in [9.17, 15) is 22.8 Å². The maximum atomic E-state index is 13.8. The molecule has 5 rings (SSSR count). The number of ether oxygens (including phenoxy) is 1. The van der Waals surface area contributed by atoms with E-state index in [-0.39, 0.29) is 49.6 Å². The van der Waals surface area contributed by atoms with E-state index in [1.807, 2.05) is 49.6 Å². The van der Waals surface area contributed by atoms with Crippen LogP contribution in [0.15, 0.2) is 36.7 Å². The van der Waals surface area contributed by atoms with Crippen LogP contribution in [0.2, 0.25) is 5.15 Å². The first-order valence-corrected chi connectivity index (χ1v) is 15.2. The lowest BCUT2D eigenvalue weighted by Gasteiger charge is -2.39. The molecule has 9 nitrogen and oxygen atoms in total. The van der Waals surface area contributed by atoms with Crippen LogP contribution in [0, 0.1) is 12.8 Å². The Morgan fingerprint density at radius 1 is 1.23 bits per heavy atom. The first kappa shape index (κ1) is 32.2. The Labute approximate surface area is 259 Å². The standard InChI is InChI=1S/C31H38ClF3N6O3/c1-18-14-26(44-4)24(30(43)38-18)16-37-29(42)23-15-25-21(22-6-5-8-36-28(22)32)7-9-41(25)27(19(23)2)20(3)40-12-10-39(11-13-40)17-31(33,34)35/h5-9,15,18,20,24,26H,10-14,16-17H2,1-4H3,(H,37,42)(H,38,43). The number of nitrogens with one attached hydrogen (secondary N) is 2. The van der Waals surface area contributed by atoms with Crippen LogP contribution in [-0.2, 0) is 9.53 Å². The van der Waals surface area contributed by atoms with Crippen LogP contribution < -0.4 is 10.6 Å². The van der Waals surface area contributed by atoms with Gasteiger partial charge in [-0.15, -0.1) is 0 Å². The van der Waals surface area contributed by atoms with Crippen molar-refractivity contribution < 1.29 is 27.5 Å². The summed E-state index contributed by atoms with van der Waals surface area (Å²) in [7, 11) is 1.57. The average molecular weight is 635 g/mol. The summed E-state index contributed by atoms with van der Waals surface area (Å²) in [6.45, 7) is 6.46. The van der Waals surface area contributed by atoms with E-state index < -0.39 is 18.6 Å². The van der Waals surface area contributed by atoms with Gasteiger partial charge < -0.3 is 19.8 Å². The molecule has 238 valence electrons. The van der Waals surface area contributed by atoms with E-state index >= 15 is 0 Å². The summed E-state index contributed by atoms with van der Waals surface area (Å²) < 4.78 is 46.6. The zero-order valence-electron chi connectivity index (χ0n) is 25.2. The summed E-state index contributed by atoms with van der Waals surface area (Å²) in [5, 5.41) is 6.22. The molecule has 3 aromatic rings. The number of piperidine rings is 1. The van der Waals surface area contributed by atoms with E-state index in [0.29, 0.717) is 35.8 Å². The van der Waals surface area contributed by atoms with Gasteiger partial charge in [-0.2, -0.15) is 13.2 Å². The second-order valence-electron chi connectivity index (χ2n) is 11.7. The van der Waals surface area contributed by atoms with Crippen LogP contribution in [0.3, 0.4) is 0 Å². The smallest absolute Gasteiger partial charge is 0.380 e. The highest BCUT2D eigenvalue weighted by Crippen LogP contribution is 2.36. The quantitative estimate of drug-likeness (QED) is 0.356. The maximum absolute atomic E-state index is 13.8. The third-order valence-electron chi connectivity index (χ3n) is 8.85. The SMILES string of the molecule is COC1CC(C)NC(=O)C1CNC(=O)c1cc2c(-c3cccnc3Cl)ccn2c(C(C)N2CCN(CC(F)(F)F)CC2)c1C. The summed E-state index contributed by atoms with van der Waals surface area (Å²) in [5.41, 5.74) is 4.27. The number of hydrogen-bond donors (Lipinski definition) is 2. The van der Waals surface area contributed by atoms with E-state index in [2.05, 4.69) is 20.5 Å². The number of hydrogen-bond acceptors (Lipinski definition) is 6. The lowest BCUT2D eigenvalue weighted by atomic mass is 9.91. The van der Waals surface area contributed by atoms with Gasteiger partial charge in [-0.25, -0.2) is 4.98 Å². The molecule has 13 heteroatoms. The van der Waals surface area contributed by atoms with Crippen molar-refractivity contribution in [3.63, 3.8) is 0 Å². The van der Waals surface area contributed by atoms with E-state index in [0.717, 1.165) is 22.3 Å². The molecule has 2 fully saturated rings. The van der Waals surface area contributed by atoms with Crippen molar-refractivity contribution in [3.8, 4) is 11.1 Å². The second-order valence-corrected chi connectivity index (χ2v) is 12.1. The number of halogens is 4. The zero-order valence-corrected chi connectivity index (χ0v) is 26.0. The van der Waals surface area contributed by atoms with Crippen LogP contribution >= 0.6 is 11.6 Å². The summed E-state index contributed by atoms with van der Waals surface area (Å²) in [6, 6.07) is 7.16. The van der Waals surface area contributed by atoms with Gasteiger partial charge in [0.15, 0.2) is 0 Å². The Balaban J connectivity index is 1.49. The van der Waals surface area contributed by atoms with Gasteiger partial charge in [0.05, 0.1) is 24.1 Å². The molecule has 0 bridgehead atoms. The molecule has 44 heavy (non-hydrogen) atoms. The van der Waals surface area contributed by atoms with Gasteiger partial charge in [-0.05, 0) is 57.0 Å². The molecule has 0 spiro atoms. The summed E-state index contributed by atoms with van der Waals surface area (Å²) in [6.07, 6.45) is -0.392. The number of nitrogens with zero attached hydrogens (tertiary/aromatic N) is 4. The van der Waals surface area contributed by atoms with Gasteiger partial charge in [0, 0.05) is 86.7 Å². The van der Waals surface area contributed by atoms with E-state index in [1.165, 1.54) is 4.90 Å². The van der Waals surface area contributed by atoms with Crippen molar-refractivity contribution in [3.05, 3.63) is 58.6 Å². The van der Waals surface area contributed by atoms with Gasteiger partial charge in [0.25, 0.3) is 5.91 Å². The molecule has 3 aromatic heterocycles. The molecular weight excluding hydrogens is 597 g/mol. The first-order valence-electron chi connectivity index (χ1n) is 14.8. The highest BCUT2D eigenvalue weighted by atomic mass is 35.5. The lowest BCUT2D eigenvalue weighted by Crippen LogP contribution is -2.53. The fraction of sp³-hybridized carbons (Fsp3) is 0.516. The Hall–Kier alpha value is -3.19. The highest BCUT2D eigenvalue weighted by Gasteiger charge is 2.36. The summed E-state index contributed by atoms with van der Waals surface area (Å²) in [4.78, 5) is 34.4. The number of carbonyl (C=O) groups excluding carboxylic acids is 2. The van der Waals surface area contributed by atoms with Crippen molar-refractivity contribution >= 4 is 28.9 Å². The van der Waals surface area contributed by atoms with Crippen LogP contribution in [0.1, 0.15) is 47.9 Å². The largest absolute Gasteiger partial charge is 0.401 e. The molecule has 2 aliphatic heterocycles. The fourth-order valence-corrected chi connectivity index (χ4v) is 6.76. The molecule has 0 saturated carbocycles. The number of piperazine rings is 1. The predicted molar refractivity (Wildman–Crippen MR) is 162 cm³/mol. The van der Waals surface area contributed by atoms with Crippen molar-refractivity contribution in [2.75, 3.05) is 46.4 Å². The van der Waals surface area contributed by atoms with Crippen LogP contribution in [0.5, 0.6) is 0 Å². The number of fused-ring (bicyclic) bond motifs is 1. The maximum Gasteiger partial charge on any atom is 0.401 e. The Kier molecular flexibility index (Phi) is 9.55. The highest BCUT2D eigenvalue weighted by molar-refractivity contribution is 6.32. The minimum Gasteiger partial charge on any atom is -0.380 e. The molecule has 2 saturated heterocycles. The van der Waals surface area contributed by atoms with Crippen molar-refractivity contribution in [1.29, 1.82) is 0 Å². The molecule has 5 heterocycles. The van der Waals surface area contributed by atoms with Gasteiger partial charge in [0.2, 0.25) is 5.91 Å². The molecule has 0 radical (unpaired) electrons. The second kappa shape index (κ2) is 13.0. The van der Waals surface area contributed by atoms with Gasteiger partial charge >= 0.3 is 6.18 Å². The molecule has 4 unspecified atom stereocenters. The predicted octanol–water partition coefficient (Wildman–Crippen LogP) is 4.47. The number of amides is 2. The normalized spacial score (nSPS) is 22.6. The van der Waals surface area contributed by atoms with Crippen LogP contribution in [0.4, 0.5) is 13.2 Å². The number of pyridine rings is 2. The summed E-state index contributed by atoms with van der Waals surface area (Å²) >= 11 is 6.48. The third kappa shape index (κ3) is 6.73. The first-order chi connectivity index (χ1) is 20.9. The fourth-order valence-electron chi connectivity index (χ4n) is 6.54. The molecule has 2 aliphatic rings. The monoisotopic (exact) mass is 634 g/mol. The molecule has 0 aromatic carbocycles. The third-order valence-corrected chi connectivity index (χ3v) is 9.15. The van der Waals surface area contributed by atoms with Gasteiger partial charge in [-0.3, -0.25) is 19.4 Å². The molecular formula is C31H38ClF3N6O3. The molecule has 2 N–H and O–H groups in total. The number of aromatic nitrogens is 2. The minimum atomic E-state index is -4.24. The number of methoxy groups -OCH3 is 1. The van der Waals surface area contributed by atoms with Crippen molar-refractivity contribution in [2.24, 2.45) is 5.92 Å². The topological polar surface area (TPSA) is 91.2 Å². The molecule has 2 amide bonds. The lowest BCUT2D eigenvalue weighted by molar-refractivity contribution is -0.149. The van der Waals surface area contributed by atoms with E-state index in [1.54, 1.807) is 19.4 Å². The Morgan fingerprint density at radius 2 is 1.95 bits per heavy atom. The van der Waals surface area contributed by atoms with Crippen LogP contribution in [0.25, 0.3) is 16.6 Å². The summed E-state index contributed by atoms with van der Waals surface area (Å²) in [5.74, 6) is -1.03. The Bertz CT molecular complexity index is 1520. The van der Waals surface area contributed by atoms with Gasteiger partial charge in [-0.1, -0.05) is 11.6 Å². The average Bonchev–Trinajstić information content (AvgIpc) is 3.38. The molecule has 4 atom stereocenters.